The fourth-order valence-electron chi connectivity index (χ4n) is 2.25. The first-order chi connectivity index (χ1) is 10.2. The predicted octanol–water partition coefficient (Wildman–Crippen LogP) is 1.26. The Hall–Kier alpha value is -1.83. The van der Waals surface area contributed by atoms with Crippen LogP contribution in [0.15, 0.2) is 23.0 Å². The average Bonchev–Trinajstić information content (AvgIpc) is 3.04. The molecule has 1 aromatic heterocycles. The highest BCUT2D eigenvalue weighted by molar-refractivity contribution is 7.09. The molecular formula is C14H16N2O4S. The van der Waals surface area contributed by atoms with E-state index in [9.17, 15) is 4.79 Å². The molecule has 21 heavy (non-hydrogen) atoms. The van der Waals surface area contributed by atoms with Crippen LogP contribution in [0.25, 0.3) is 11.3 Å². The molecule has 0 spiro atoms. The molecule has 1 aliphatic heterocycles. The van der Waals surface area contributed by atoms with Crippen molar-refractivity contribution in [2.75, 3.05) is 27.0 Å². The highest BCUT2D eigenvalue weighted by Gasteiger charge is 2.17. The van der Waals surface area contributed by atoms with Crippen LogP contribution in [-0.2, 0) is 6.54 Å². The van der Waals surface area contributed by atoms with Gasteiger partial charge in [0.2, 0.25) is 6.79 Å². The lowest BCUT2D eigenvalue weighted by molar-refractivity contribution is 0.174. The van der Waals surface area contributed by atoms with Gasteiger partial charge in [0.25, 0.3) is 0 Å². The van der Waals surface area contributed by atoms with E-state index in [0.717, 1.165) is 21.9 Å². The Balaban J connectivity index is 1.93. The summed E-state index contributed by atoms with van der Waals surface area (Å²) in [6.45, 7) is 1.49. The number of thiazole rings is 1. The van der Waals surface area contributed by atoms with E-state index >= 15 is 0 Å². The average molecular weight is 308 g/mol. The zero-order valence-electron chi connectivity index (χ0n) is 11.6. The van der Waals surface area contributed by atoms with Gasteiger partial charge in [0.1, 0.15) is 0 Å². The first-order valence-electron chi connectivity index (χ1n) is 6.59. The van der Waals surface area contributed by atoms with Gasteiger partial charge in [-0.05, 0) is 25.2 Å². The number of aromatic amines is 1. The molecule has 0 atom stereocenters. The summed E-state index contributed by atoms with van der Waals surface area (Å²) in [5.41, 5.74) is 1.69. The fourth-order valence-corrected chi connectivity index (χ4v) is 3.18. The van der Waals surface area contributed by atoms with Gasteiger partial charge in [-0.3, -0.25) is 9.69 Å². The molecule has 0 aliphatic carbocycles. The summed E-state index contributed by atoms with van der Waals surface area (Å²) in [7, 11) is 1.91. The highest BCUT2D eigenvalue weighted by atomic mass is 32.1. The van der Waals surface area contributed by atoms with Crippen LogP contribution in [0.5, 0.6) is 11.5 Å². The number of hydrogen-bond acceptors (Lipinski definition) is 6. The zero-order valence-corrected chi connectivity index (χ0v) is 12.4. The van der Waals surface area contributed by atoms with Crippen molar-refractivity contribution >= 4 is 11.3 Å². The van der Waals surface area contributed by atoms with E-state index in [2.05, 4.69) is 4.98 Å². The highest BCUT2D eigenvalue weighted by Crippen LogP contribution is 2.36. The Morgan fingerprint density at radius 1 is 1.38 bits per heavy atom. The van der Waals surface area contributed by atoms with E-state index in [1.807, 2.05) is 30.1 Å². The predicted molar refractivity (Wildman–Crippen MR) is 79.9 cm³/mol. The van der Waals surface area contributed by atoms with Gasteiger partial charge < -0.3 is 19.6 Å². The molecule has 2 N–H and O–H groups in total. The monoisotopic (exact) mass is 308 g/mol. The van der Waals surface area contributed by atoms with Gasteiger partial charge in [0.15, 0.2) is 11.5 Å². The van der Waals surface area contributed by atoms with Crippen molar-refractivity contribution < 1.29 is 14.6 Å². The van der Waals surface area contributed by atoms with E-state index < -0.39 is 0 Å². The summed E-state index contributed by atoms with van der Waals surface area (Å²) >= 11 is 1.19. The first-order valence-corrected chi connectivity index (χ1v) is 7.40. The molecule has 0 saturated heterocycles. The molecule has 0 amide bonds. The minimum absolute atomic E-state index is 0.0879. The molecule has 3 rings (SSSR count). The molecule has 6 nitrogen and oxygen atoms in total. The molecule has 112 valence electrons. The van der Waals surface area contributed by atoms with Crippen molar-refractivity contribution in [3.63, 3.8) is 0 Å². The molecule has 0 bridgehead atoms. The quantitative estimate of drug-likeness (QED) is 0.870. The van der Waals surface area contributed by atoms with Crippen LogP contribution < -0.4 is 14.3 Å². The van der Waals surface area contributed by atoms with Crippen molar-refractivity contribution in [2.45, 2.75) is 6.54 Å². The summed E-state index contributed by atoms with van der Waals surface area (Å²) in [6.07, 6.45) is 0. The molecular weight excluding hydrogens is 292 g/mol. The van der Waals surface area contributed by atoms with Gasteiger partial charge in [-0.15, -0.1) is 0 Å². The molecule has 2 aromatic rings. The van der Waals surface area contributed by atoms with E-state index in [1.165, 1.54) is 11.3 Å². The molecule has 7 heteroatoms. The van der Waals surface area contributed by atoms with Gasteiger partial charge in [-0.25, -0.2) is 0 Å². The largest absolute Gasteiger partial charge is 0.454 e. The molecule has 2 heterocycles. The van der Waals surface area contributed by atoms with Gasteiger partial charge in [0, 0.05) is 23.5 Å². The number of aromatic nitrogens is 1. The number of nitrogens with one attached hydrogen (secondary N) is 1. The third-order valence-electron chi connectivity index (χ3n) is 3.28. The van der Waals surface area contributed by atoms with Crippen LogP contribution in [0.4, 0.5) is 0 Å². The topological polar surface area (TPSA) is 74.8 Å². The zero-order chi connectivity index (χ0) is 14.8. The Morgan fingerprint density at radius 3 is 3.00 bits per heavy atom. The number of H-pyrrole nitrogens is 1. The molecule has 1 aliphatic rings. The summed E-state index contributed by atoms with van der Waals surface area (Å²) in [6, 6.07) is 5.62. The maximum Gasteiger partial charge on any atom is 0.305 e. The number of nitrogens with zero attached hydrogens (tertiary/aromatic N) is 1. The van der Waals surface area contributed by atoms with Crippen LogP contribution in [0.1, 0.15) is 4.88 Å². The number of aliphatic hydroxyl groups is 1. The minimum atomic E-state index is -0.0879. The first kappa shape index (κ1) is 14.1. The summed E-state index contributed by atoms with van der Waals surface area (Å²) in [4.78, 5) is 17.4. The van der Waals surface area contributed by atoms with Crippen LogP contribution in [0, 0.1) is 0 Å². The van der Waals surface area contributed by atoms with Crippen molar-refractivity contribution in [1.29, 1.82) is 0 Å². The number of likely N-dealkylation sites (N-methyl/N-ethyl adjacent to an activating group) is 1. The molecule has 0 saturated carbocycles. The second kappa shape index (κ2) is 5.88. The third-order valence-corrected chi connectivity index (χ3v) is 4.15. The van der Waals surface area contributed by atoms with E-state index in [1.54, 1.807) is 0 Å². The Kier molecular flexibility index (Phi) is 3.96. The van der Waals surface area contributed by atoms with Crippen LogP contribution >= 0.6 is 11.3 Å². The Labute approximate surface area is 125 Å². The Bertz CT molecular complexity index is 695. The maximum atomic E-state index is 11.7. The van der Waals surface area contributed by atoms with Gasteiger partial charge in [0.05, 0.1) is 12.3 Å². The number of hydrogen-bond donors (Lipinski definition) is 2. The fraction of sp³-hybridized carbons (Fsp3) is 0.357. The smallest absolute Gasteiger partial charge is 0.305 e. The summed E-state index contributed by atoms with van der Waals surface area (Å²) in [5.74, 6) is 1.41. The van der Waals surface area contributed by atoms with Crippen molar-refractivity contribution in [2.24, 2.45) is 0 Å². The molecule has 0 radical (unpaired) electrons. The number of rotatable bonds is 5. The Morgan fingerprint density at radius 2 is 2.19 bits per heavy atom. The number of benzene rings is 1. The molecule has 1 aromatic carbocycles. The van der Waals surface area contributed by atoms with Crippen LogP contribution in [0.3, 0.4) is 0 Å². The number of aliphatic hydroxyl groups excluding tert-OH is 1. The standard InChI is InChI=1S/C14H16N2O4S/c1-16(4-5-17)7-12-13(15-14(18)21-12)9-2-3-10-11(6-9)20-8-19-10/h2-3,6,17H,4-5,7-8H2,1H3,(H,15,18). The molecule has 0 fully saturated rings. The van der Waals surface area contributed by atoms with E-state index in [0.29, 0.717) is 18.8 Å². The van der Waals surface area contributed by atoms with Crippen molar-refractivity contribution in [3.8, 4) is 22.8 Å². The van der Waals surface area contributed by atoms with Gasteiger partial charge >= 0.3 is 4.87 Å². The molecule has 0 unspecified atom stereocenters. The lowest BCUT2D eigenvalue weighted by atomic mass is 10.1. The second-order valence-electron chi connectivity index (χ2n) is 4.84. The SMILES string of the molecule is CN(CCO)Cc1sc(=O)[nH]c1-c1ccc2c(c1)OCO2. The number of fused-ring (bicyclic) bond motifs is 1. The minimum Gasteiger partial charge on any atom is -0.454 e. The summed E-state index contributed by atoms with van der Waals surface area (Å²) in [5, 5.41) is 8.97. The summed E-state index contributed by atoms with van der Waals surface area (Å²) < 4.78 is 10.7. The van der Waals surface area contributed by atoms with Crippen LogP contribution in [0.2, 0.25) is 0 Å². The second-order valence-corrected chi connectivity index (χ2v) is 5.91. The van der Waals surface area contributed by atoms with E-state index in [4.69, 9.17) is 14.6 Å². The van der Waals surface area contributed by atoms with Crippen LogP contribution in [-0.4, -0.2) is 42.0 Å². The van der Waals surface area contributed by atoms with E-state index in [-0.39, 0.29) is 18.3 Å². The number of ether oxygens (including phenoxy) is 2. The maximum absolute atomic E-state index is 11.7. The lowest BCUT2D eigenvalue weighted by Gasteiger charge is -2.14. The van der Waals surface area contributed by atoms with Gasteiger partial charge in [-0.2, -0.15) is 0 Å². The third kappa shape index (κ3) is 2.94. The lowest BCUT2D eigenvalue weighted by Crippen LogP contribution is -2.21. The van der Waals surface area contributed by atoms with Gasteiger partial charge in [-0.1, -0.05) is 11.3 Å². The van der Waals surface area contributed by atoms with Crippen molar-refractivity contribution in [1.82, 2.24) is 9.88 Å². The van der Waals surface area contributed by atoms with Crippen molar-refractivity contribution in [3.05, 3.63) is 32.7 Å². The normalized spacial score (nSPS) is 13.1.